The summed E-state index contributed by atoms with van der Waals surface area (Å²) in [5, 5.41) is 20.9. The third kappa shape index (κ3) is 6.24. The molecule has 1 unspecified atom stereocenters. The molecule has 3 rings (SSSR count). The number of carboxylic acid groups (broad SMARTS) is 1. The Labute approximate surface area is 195 Å². The van der Waals surface area contributed by atoms with E-state index in [-0.39, 0.29) is 11.5 Å². The molecule has 7 nitrogen and oxygen atoms in total. The van der Waals surface area contributed by atoms with Crippen molar-refractivity contribution in [2.45, 2.75) is 40.9 Å². The Morgan fingerprint density at radius 3 is 2.66 bits per heavy atom. The van der Waals surface area contributed by atoms with Crippen LogP contribution >= 0.6 is 23.5 Å². The highest BCUT2D eigenvalue weighted by Crippen LogP contribution is 2.28. The summed E-state index contributed by atoms with van der Waals surface area (Å²) in [6, 6.07) is 16.3. The first-order chi connectivity index (χ1) is 15.5. The van der Waals surface area contributed by atoms with Gasteiger partial charge in [0.2, 0.25) is 5.91 Å². The lowest BCUT2D eigenvalue weighted by molar-refractivity contribution is -0.115. The summed E-state index contributed by atoms with van der Waals surface area (Å²) in [6.07, 6.45) is 2.35. The van der Waals surface area contributed by atoms with E-state index in [0.717, 1.165) is 10.7 Å². The van der Waals surface area contributed by atoms with Gasteiger partial charge in [0.05, 0.1) is 16.6 Å². The number of hydrogen-bond acceptors (Lipinski definition) is 6. The highest BCUT2D eigenvalue weighted by atomic mass is 32.2. The molecular weight excluding hydrogens is 444 g/mol. The van der Waals surface area contributed by atoms with Crippen molar-refractivity contribution in [1.82, 2.24) is 14.8 Å². The second-order valence-corrected chi connectivity index (χ2v) is 9.01. The maximum absolute atomic E-state index is 12.9. The largest absolute Gasteiger partial charge is 0.478 e. The van der Waals surface area contributed by atoms with Crippen LogP contribution in [0.1, 0.15) is 29.5 Å². The van der Waals surface area contributed by atoms with E-state index in [0.29, 0.717) is 29.6 Å². The zero-order chi connectivity index (χ0) is 22.9. The molecule has 0 saturated carbocycles. The molecule has 0 spiro atoms. The van der Waals surface area contributed by atoms with Crippen LogP contribution in [-0.4, -0.2) is 37.0 Å². The molecule has 32 heavy (non-hydrogen) atoms. The predicted molar refractivity (Wildman–Crippen MR) is 128 cm³/mol. The average molecular weight is 469 g/mol. The maximum Gasteiger partial charge on any atom is 0.335 e. The van der Waals surface area contributed by atoms with E-state index in [1.165, 1.54) is 23.9 Å². The van der Waals surface area contributed by atoms with E-state index >= 15 is 0 Å². The molecule has 0 saturated heterocycles. The number of rotatable bonds is 11. The summed E-state index contributed by atoms with van der Waals surface area (Å²) < 4.78 is 1.97. The van der Waals surface area contributed by atoms with Gasteiger partial charge in [-0.3, -0.25) is 4.79 Å². The van der Waals surface area contributed by atoms with Crippen LogP contribution in [0.4, 0.5) is 5.69 Å². The summed E-state index contributed by atoms with van der Waals surface area (Å²) in [6.45, 7) is 6.29. The molecule has 1 aromatic heterocycles. The standard InChI is InChI=1S/C23H24N4O3S2/c1-3-13-27-20(15-31-18-11-6-5-7-12-18)25-26-23(27)32-19(4-2)21(28)24-17-10-8-9-16(14-17)22(29)30/h3,5-12,14,19H,1,4,13,15H2,2H3,(H,24,28)(H,29,30). The second-order valence-electron chi connectivity index (χ2n) is 6.79. The van der Waals surface area contributed by atoms with Crippen LogP contribution in [0, 0.1) is 0 Å². The molecule has 0 aliphatic heterocycles. The molecule has 166 valence electrons. The Hall–Kier alpha value is -3.04. The van der Waals surface area contributed by atoms with Crippen LogP contribution in [0.3, 0.4) is 0 Å². The summed E-state index contributed by atoms with van der Waals surface area (Å²) in [4.78, 5) is 25.2. The smallest absolute Gasteiger partial charge is 0.335 e. The monoisotopic (exact) mass is 468 g/mol. The number of benzene rings is 2. The minimum absolute atomic E-state index is 0.120. The Morgan fingerprint density at radius 2 is 1.97 bits per heavy atom. The predicted octanol–water partition coefficient (Wildman–Crippen LogP) is 4.96. The van der Waals surface area contributed by atoms with Crippen LogP contribution in [0.2, 0.25) is 0 Å². The van der Waals surface area contributed by atoms with Crippen molar-refractivity contribution in [3.63, 3.8) is 0 Å². The van der Waals surface area contributed by atoms with Gasteiger partial charge >= 0.3 is 5.97 Å². The zero-order valence-corrected chi connectivity index (χ0v) is 19.2. The fourth-order valence-corrected chi connectivity index (χ4v) is 4.73. The number of anilines is 1. The molecular formula is C23H24N4O3S2. The van der Waals surface area contributed by atoms with Crippen LogP contribution in [0.5, 0.6) is 0 Å². The van der Waals surface area contributed by atoms with Gasteiger partial charge in [-0.2, -0.15) is 0 Å². The fourth-order valence-electron chi connectivity index (χ4n) is 2.89. The first kappa shape index (κ1) is 23.6. The van der Waals surface area contributed by atoms with Crippen molar-refractivity contribution < 1.29 is 14.7 Å². The normalized spacial score (nSPS) is 11.7. The number of carbonyl (C=O) groups is 2. The molecule has 1 atom stereocenters. The molecule has 0 fully saturated rings. The van der Waals surface area contributed by atoms with Crippen LogP contribution < -0.4 is 5.32 Å². The summed E-state index contributed by atoms with van der Waals surface area (Å²) in [5.41, 5.74) is 0.566. The van der Waals surface area contributed by atoms with Gasteiger partial charge in [0.25, 0.3) is 0 Å². The number of hydrogen-bond donors (Lipinski definition) is 2. The lowest BCUT2D eigenvalue weighted by atomic mass is 10.2. The minimum atomic E-state index is -1.04. The van der Waals surface area contributed by atoms with E-state index in [1.54, 1.807) is 30.0 Å². The maximum atomic E-state index is 12.9. The summed E-state index contributed by atoms with van der Waals surface area (Å²) in [7, 11) is 0. The third-order valence-electron chi connectivity index (χ3n) is 4.50. The van der Waals surface area contributed by atoms with Crippen molar-refractivity contribution in [3.05, 3.63) is 78.6 Å². The number of allylic oxidation sites excluding steroid dienone is 1. The van der Waals surface area contributed by atoms with Gasteiger partial charge in [0, 0.05) is 17.1 Å². The number of carbonyl (C=O) groups excluding carboxylic acids is 1. The summed E-state index contributed by atoms with van der Waals surface area (Å²) in [5.74, 6) is 0.205. The molecule has 1 amide bonds. The van der Waals surface area contributed by atoms with Gasteiger partial charge in [0.15, 0.2) is 5.16 Å². The van der Waals surface area contributed by atoms with Crippen molar-refractivity contribution in [1.29, 1.82) is 0 Å². The highest BCUT2D eigenvalue weighted by Gasteiger charge is 2.23. The lowest BCUT2D eigenvalue weighted by Gasteiger charge is -2.15. The molecule has 9 heteroatoms. The summed E-state index contributed by atoms with van der Waals surface area (Å²) >= 11 is 3.01. The Kier molecular flexibility index (Phi) is 8.52. The highest BCUT2D eigenvalue weighted by molar-refractivity contribution is 8.00. The first-order valence-electron chi connectivity index (χ1n) is 10.0. The number of aromatic carboxylic acids is 1. The second kappa shape index (κ2) is 11.5. The molecule has 0 radical (unpaired) electrons. The van der Waals surface area contributed by atoms with Gasteiger partial charge in [-0.25, -0.2) is 4.79 Å². The van der Waals surface area contributed by atoms with Crippen molar-refractivity contribution in [3.8, 4) is 0 Å². The Bertz CT molecular complexity index is 1090. The molecule has 3 aromatic rings. The molecule has 2 aromatic carbocycles. The SMILES string of the molecule is C=CCn1c(CSc2ccccc2)nnc1SC(CC)C(=O)Nc1cccc(C(=O)O)c1. The van der Waals surface area contributed by atoms with Crippen molar-refractivity contribution >= 4 is 41.1 Å². The molecule has 0 bridgehead atoms. The van der Waals surface area contributed by atoms with Gasteiger partial charge in [-0.15, -0.1) is 28.5 Å². The number of aromatic nitrogens is 3. The molecule has 0 aliphatic rings. The average Bonchev–Trinajstić information content (AvgIpc) is 3.18. The molecule has 0 aliphatic carbocycles. The van der Waals surface area contributed by atoms with Crippen LogP contribution in [0.15, 0.2) is 77.3 Å². The minimum Gasteiger partial charge on any atom is -0.478 e. The van der Waals surface area contributed by atoms with Gasteiger partial charge in [-0.05, 0) is 36.8 Å². The van der Waals surface area contributed by atoms with Gasteiger partial charge < -0.3 is 15.0 Å². The van der Waals surface area contributed by atoms with Crippen molar-refractivity contribution in [2.75, 3.05) is 5.32 Å². The first-order valence-corrected chi connectivity index (χ1v) is 11.9. The molecule has 1 heterocycles. The van der Waals surface area contributed by atoms with Crippen molar-refractivity contribution in [2.24, 2.45) is 0 Å². The number of thioether (sulfide) groups is 2. The van der Waals surface area contributed by atoms with Crippen LogP contribution in [0.25, 0.3) is 0 Å². The van der Waals surface area contributed by atoms with E-state index in [1.807, 2.05) is 41.8 Å². The topological polar surface area (TPSA) is 97.1 Å². The Morgan fingerprint density at radius 1 is 1.19 bits per heavy atom. The van der Waals surface area contributed by atoms with E-state index in [9.17, 15) is 9.59 Å². The number of carboxylic acids is 1. The van der Waals surface area contributed by atoms with Gasteiger partial charge in [-0.1, -0.05) is 49.0 Å². The van der Waals surface area contributed by atoms with E-state index < -0.39 is 11.2 Å². The van der Waals surface area contributed by atoms with E-state index in [4.69, 9.17) is 5.11 Å². The fraction of sp³-hybridized carbons (Fsp3) is 0.217. The van der Waals surface area contributed by atoms with Gasteiger partial charge in [0.1, 0.15) is 5.82 Å². The lowest BCUT2D eigenvalue weighted by Crippen LogP contribution is -2.25. The zero-order valence-electron chi connectivity index (χ0n) is 17.6. The van der Waals surface area contributed by atoms with E-state index in [2.05, 4.69) is 22.1 Å². The molecule has 2 N–H and O–H groups in total. The number of nitrogens with zero attached hydrogens (tertiary/aromatic N) is 3. The number of nitrogens with one attached hydrogen (secondary N) is 1. The number of amides is 1. The Balaban J connectivity index is 1.71. The third-order valence-corrected chi connectivity index (χ3v) is 6.86. The quantitative estimate of drug-likeness (QED) is 0.303. The van der Waals surface area contributed by atoms with Crippen LogP contribution in [-0.2, 0) is 17.1 Å².